The van der Waals surface area contributed by atoms with Gasteiger partial charge in [-0.2, -0.15) is 5.10 Å². The van der Waals surface area contributed by atoms with Crippen molar-refractivity contribution in [2.24, 2.45) is 11.8 Å². The fourth-order valence-corrected chi connectivity index (χ4v) is 3.35. The van der Waals surface area contributed by atoms with Gasteiger partial charge in [-0.05, 0) is 31.2 Å². The van der Waals surface area contributed by atoms with Crippen LogP contribution in [0.5, 0.6) is 0 Å². The second kappa shape index (κ2) is 7.77. The van der Waals surface area contributed by atoms with Crippen molar-refractivity contribution in [3.05, 3.63) is 12.2 Å². The van der Waals surface area contributed by atoms with E-state index in [0.29, 0.717) is 12.0 Å². The third-order valence-electron chi connectivity index (χ3n) is 4.32. The highest BCUT2D eigenvalue weighted by atomic mass is 15.3. The topological polar surface area (TPSA) is 42.7 Å². The normalized spacial score (nSPS) is 18.6. The van der Waals surface area contributed by atoms with E-state index in [1.165, 1.54) is 32.1 Å². The summed E-state index contributed by atoms with van der Waals surface area (Å²) in [5.74, 6) is 2.57. The van der Waals surface area contributed by atoms with Crippen molar-refractivity contribution in [1.82, 2.24) is 20.1 Å². The molecule has 0 aromatic carbocycles. The number of nitrogens with zero attached hydrogens (tertiary/aromatic N) is 3. The molecule has 2 rings (SSSR count). The predicted molar refractivity (Wildman–Crippen MR) is 82.6 cm³/mol. The predicted octanol–water partition coefficient (Wildman–Crippen LogP) is 3.04. The SMILES string of the molecule is CCNC(Cc1ncnn1CC(C)C)C1CCCCC1. The van der Waals surface area contributed by atoms with Crippen LogP contribution >= 0.6 is 0 Å². The molecule has 1 N–H and O–H groups in total. The van der Waals surface area contributed by atoms with Gasteiger partial charge in [0, 0.05) is 19.0 Å². The molecular weight excluding hydrogens is 248 g/mol. The zero-order chi connectivity index (χ0) is 14.4. The van der Waals surface area contributed by atoms with Crippen LogP contribution in [0.3, 0.4) is 0 Å². The molecule has 4 heteroatoms. The second-order valence-corrected chi connectivity index (χ2v) is 6.52. The summed E-state index contributed by atoms with van der Waals surface area (Å²) >= 11 is 0. The molecule has 1 aliphatic rings. The highest BCUT2D eigenvalue weighted by Crippen LogP contribution is 2.27. The lowest BCUT2D eigenvalue weighted by atomic mass is 9.82. The van der Waals surface area contributed by atoms with Crippen molar-refractivity contribution in [3.63, 3.8) is 0 Å². The largest absolute Gasteiger partial charge is 0.314 e. The summed E-state index contributed by atoms with van der Waals surface area (Å²) in [7, 11) is 0. The average Bonchev–Trinajstić information content (AvgIpc) is 2.86. The smallest absolute Gasteiger partial charge is 0.138 e. The molecule has 0 bridgehead atoms. The number of likely N-dealkylation sites (N-methyl/N-ethyl adjacent to an activating group) is 1. The number of hydrogen-bond donors (Lipinski definition) is 1. The first-order valence-electron chi connectivity index (χ1n) is 8.30. The van der Waals surface area contributed by atoms with Crippen LogP contribution in [0.4, 0.5) is 0 Å². The number of hydrogen-bond acceptors (Lipinski definition) is 3. The lowest BCUT2D eigenvalue weighted by molar-refractivity contribution is 0.264. The van der Waals surface area contributed by atoms with Gasteiger partial charge in [0.25, 0.3) is 0 Å². The highest BCUT2D eigenvalue weighted by Gasteiger charge is 2.24. The quantitative estimate of drug-likeness (QED) is 0.833. The number of nitrogens with one attached hydrogen (secondary N) is 1. The van der Waals surface area contributed by atoms with Gasteiger partial charge in [-0.25, -0.2) is 9.67 Å². The van der Waals surface area contributed by atoms with Crippen LogP contribution in [-0.2, 0) is 13.0 Å². The van der Waals surface area contributed by atoms with E-state index in [1.54, 1.807) is 6.33 Å². The molecule has 0 aliphatic heterocycles. The Bertz CT molecular complexity index is 380. The van der Waals surface area contributed by atoms with Gasteiger partial charge in [-0.3, -0.25) is 0 Å². The highest BCUT2D eigenvalue weighted by molar-refractivity contribution is 4.93. The first-order valence-corrected chi connectivity index (χ1v) is 8.30. The van der Waals surface area contributed by atoms with Crippen LogP contribution in [-0.4, -0.2) is 27.4 Å². The molecule has 1 heterocycles. The van der Waals surface area contributed by atoms with E-state index in [2.05, 4.69) is 40.9 Å². The molecule has 4 nitrogen and oxygen atoms in total. The van der Waals surface area contributed by atoms with E-state index >= 15 is 0 Å². The molecule has 0 amide bonds. The van der Waals surface area contributed by atoms with Crippen molar-refractivity contribution in [2.75, 3.05) is 6.54 Å². The molecule has 0 spiro atoms. The summed E-state index contributed by atoms with van der Waals surface area (Å²) in [6.07, 6.45) is 9.67. The maximum absolute atomic E-state index is 4.50. The second-order valence-electron chi connectivity index (χ2n) is 6.52. The van der Waals surface area contributed by atoms with Crippen LogP contribution in [0.25, 0.3) is 0 Å². The van der Waals surface area contributed by atoms with Gasteiger partial charge in [0.2, 0.25) is 0 Å². The molecule has 1 unspecified atom stereocenters. The summed E-state index contributed by atoms with van der Waals surface area (Å²) in [6, 6.07) is 0.565. The Hall–Kier alpha value is -0.900. The molecule has 0 radical (unpaired) electrons. The molecular formula is C16H30N4. The first-order chi connectivity index (χ1) is 9.70. The van der Waals surface area contributed by atoms with Gasteiger partial charge in [0.1, 0.15) is 12.2 Å². The first kappa shape index (κ1) is 15.5. The average molecular weight is 278 g/mol. The molecule has 1 aromatic heterocycles. The molecule has 1 atom stereocenters. The Morgan fingerprint density at radius 2 is 2.05 bits per heavy atom. The molecule has 1 saturated carbocycles. The van der Waals surface area contributed by atoms with Gasteiger partial charge in [-0.1, -0.05) is 40.0 Å². The zero-order valence-corrected chi connectivity index (χ0v) is 13.3. The molecule has 114 valence electrons. The van der Waals surface area contributed by atoms with Crippen molar-refractivity contribution >= 4 is 0 Å². The third kappa shape index (κ3) is 4.30. The lowest BCUT2D eigenvalue weighted by Gasteiger charge is -2.30. The van der Waals surface area contributed by atoms with Gasteiger partial charge >= 0.3 is 0 Å². The van der Waals surface area contributed by atoms with E-state index < -0.39 is 0 Å². The maximum atomic E-state index is 4.50. The zero-order valence-electron chi connectivity index (χ0n) is 13.3. The van der Waals surface area contributed by atoms with Crippen molar-refractivity contribution < 1.29 is 0 Å². The molecule has 0 saturated heterocycles. The fraction of sp³-hybridized carbons (Fsp3) is 0.875. The van der Waals surface area contributed by atoms with Crippen LogP contribution in [0.2, 0.25) is 0 Å². The number of rotatable bonds is 7. The standard InChI is InChI=1S/C16H30N4/c1-4-17-15(14-8-6-5-7-9-14)10-16-18-12-19-20(16)11-13(2)3/h12-15,17H,4-11H2,1-3H3. The summed E-state index contributed by atoms with van der Waals surface area (Å²) in [4.78, 5) is 4.50. The lowest BCUT2D eigenvalue weighted by Crippen LogP contribution is -2.39. The summed E-state index contributed by atoms with van der Waals surface area (Å²) < 4.78 is 2.10. The van der Waals surface area contributed by atoms with E-state index in [4.69, 9.17) is 0 Å². The van der Waals surface area contributed by atoms with Gasteiger partial charge in [0.05, 0.1) is 0 Å². The maximum Gasteiger partial charge on any atom is 0.138 e. The van der Waals surface area contributed by atoms with E-state index in [9.17, 15) is 0 Å². The van der Waals surface area contributed by atoms with Crippen LogP contribution < -0.4 is 5.32 Å². The van der Waals surface area contributed by atoms with Crippen LogP contribution in [0.15, 0.2) is 6.33 Å². The summed E-state index contributed by atoms with van der Waals surface area (Å²) in [5.41, 5.74) is 0. The Morgan fingerprint density at radius 1 is 1.30 bits per heavy atom. The van der Waals surface area contributed by atoms with Crippen LogP contribution in [0, 0.1) is 11.8 Å². The van der Waals surface area contributed by atoms with Gasteiger partial charge in [0.15, 0.2) is 0 Å². The molecule has 1 fully saturated rings. The third-order valence-corrected chi connectivity index (χ3v) is 4.32. The summed E-state index contributed by atoms with van der Waals surface area (Å²) in [5, 5.41) is 8.08. The van der Waals surface area contributed by atoms with E-state index in [0.717, 1.165) is 31.3 Å². The monoisotopic (exact) mass is 278 g/mol. The molecule has 20 heavy (non-hydrogen) atoms. The van der Waals surface area contributed by atoms with Gasteiger partial charge in [-0.15, -0.1) is 0 Å². The fourth-order valence-electron chi connectivity index (χ4n) is 3.35. The minimum Gasteiger partial charge on any atom is -0.314 e. The summed E-state index contributed by atoms with van der Waals surface area (Å²) in [6.45, 7) is 8.68. The van der Waals surface area contributed by atoms with E-state index in [1.807, 2.05) is 0 Å². The minimum atomic E-state index is 0.565. The number of aromatic nitrogens is 3. The molecule has 1 aliphatic carbocycles. The molecule has 1 aromatic rings. The van der Waals surface area contributed by atoms with Crippen LogP contribution in [0.1, 0.15) is 58.7 Å². The van der Waals surface area contributed by atoms with Gasteiger partial charge < -0.3 is 5.32 Å². The Labute approximate surface area is 123 Å². The Kier molecular flexibility index (Phi) is 6.02. The van der Waals surface area contributed by atoms with Crippen molar-refractivity contribution in [1.29, 1.82) is 0 Å². The Morgan fingerprint density at radius 3 is 2.70 bits per heavy atom. The van der Waals surface area contributed by atoms with Crippen molar-refractivity contribution in [2.45, 2.75) is 71.9 Å². The minimum absolute atomic E-state index is 0.565. The Balaban J connectivity index is 2.01. The van der Waals surface area contributed by atoms with Crippen molar-refractivity contribution in [3.8, 4) is 0 Å². The van der Waals surface area contributed by atoms with E-state index in [-0.39, 0.29) is 0 Å².